The van der Waals surface area contributed by atoms with Crippen molar-refractivity contribution in [2.24, 2.45) is 0 Å². The Labute approximate surface area is 156 Å². The molecule has 1 N–H and O–H groups in total. The third-order valence-electron chi connectivity index (χ3n) is 4.14. The number of anilines is 1. The lowest BCUT2D eigenvalue weighted by Gasteiger charge is -2.22. The minimum atomic E-state index is -0.0622. The number of carbonyl (C=O) groups excluding carboxylic acids is 2. The molecular formula is C19H22N2O2S2. The molecule has 2 amide bonds. The van der Waals surface area contributed by atoms with Crippen LogP contribution in [0, 0.1) is 0 Å². The highest BCUT2D eigenvalue weighted by molar-refractivity contribution is 8.00. The second-order valence-electron chi connectivity index (χ2n) is 6.07. The number of rotatable bonds is 5. The number of fused-ring (bicyclic) bond motifs is 1. The molecule has 2 aromatic rings. The van der Waals surface area contributed by atoms with Gasteiger partial charge < -0.3 is 10.2 Å². The smallest absolute Gasteiger partial charge is 0.261 e. The quantitative estimate of drug-likeness (QED) is 0.799. The number of thiophene rings is 1. The number of nitrogens with one attached hydrogen (secondary N) is 1. The maximum Gasteiger partial charge on any atom is 0.261 e. The molecule has 0 aliphatic carbocycles. The Morgan fingerprint density at radius 2 is 2.08 bits per heavy atom. The summed E-state index contributed by atoms with van der Waals surface area (Å²) in [4.78, 5) is 28.4. The van der Waals surface area contributed by atoms with Crippen LogP contribution in [0.4, 0.5) is 5.69 Å². The normalized spacial score (nSPS) is 16.8. The minimum Gasteiger partial charge on any atom is -0.351 e. The standard InChI is InChI=1S/C19H22N2O2S2/c1-14-10-12-21(15-6-2-3-7-16(15)25-14)18(22)9-4-11-20-19(23)17-8-5-13-24-17/h2-3,5-8,13-14H,4,9-12H2,1H3,(H,20,23). The Morgan fingerprint density at radius 1 is 1.24 bits per heavy atom. The van der Waals surface area contributed by atoms with Crippen LogP contribution in [-0.2, 0) is 4.79 Å². The van der Waals surface area contributed by atoms with Crippen molar-refractivity contribution in [3.05, 3.63) is 46.7 Å². The van der Waals surface area contributed by atoms with Crippen LogP contribution in [0.3, 0.4) is 0 Å². The van der Waals surface area contributed by atoms with E-state index in [4.69, 9.17) is 0 Å². The highest BCUT2D eigenvalue weighted by Gasteiger charge is 2.23. The number of nitrogens with zero attached hydrogens (tertiary/aromatic N) is 1. The first-order valence-corrected chi connectivity index (χ1v) is 10.3. The molecule has 1 unspecified atom stereocenters. The zero-order chi connectivity index (χ0) is 17.6. The van der Waals surface area contributed by atoms with Gasteiger partial charge in [-0.25, -0.2) is 0 Å². The topological polar surface area (TPSA) is 49.4 Å². The largest absolute Gasteiger partial charge is 0.351 e. The molecule has 3 rings (SSSR count). The van der Waals surface area contributed by atoms with Crippen LogP contribution in [0.5, 0.6) is 0 Å². The van der Waals surface area contributed by atoms with Gasteiger partial charge >= 0.3 is 0 Å². The van der Waals surface area contributed by atoms with Gasteiger partial charge in [0, 0.05) is 29.7 Å². The fourth-order valence-corrected chi connectivity index (χ4v) is 4.57. The summed E-state index contributed by atoms with van der Waals surface area (Å²) in [5.41, 5.74) is 1.02. The van der Waals surface area contributed by atoms with Gasteiger partial charge in [-0.05, 0) is 36.4 Å². The zero-order valence-electron chi connectivity index (χ0n) is 14.2. The molecule has 0 saturated carbocycles. The lowest BCUT2D eigenvalue weighted by atomic mass is 10.2. The van der Waals surface area contributed by atoms with Crippen molar-refractivity contribution < 1.29 is 9.59 Å². The van der Waals surface area contributed by atoms with Gasteiger partial charge in [-0.3, -0.25) is 9.59 Å². The summed E-state index contributed by atoms with van der Waals surface area (Å²) in [6, 6.07) is 11.8. The number of carbonyl (C=O) groups is 2. The molecule has 0 spiro atoms. The van der Waals surface area contributed by atoms with E-state index < -0.39 is 0 Å². The molecule has 25 heavy (non-hydrogen) atoms. The summed E-state index contributed by atoms with van der Waals surface area (Å²) < 4.78 is 0. The predicted molar refractivity (Wildman–Crippen MR) is 105 cm³/mol. The Morgan fingerprint density at radius 3 is 2.88 bits per heavy atom. The summed E-state index contributed by atoms with van der Waals surface area (Å²) in [6.45, 7) is 3.48. The van der Waals surface area contributed by atoms with E-state index in [1.165, 1.54) is 16.2 Å². The van der Waals surface area contributed by atoms with Gasteiger partial charge in [0.05, 0.1) is 10.6 Å². The van der Waals surface area contributed by atoms with Crippen molar-refractivity contribution in [3.8, 4) is 0 Å². The van der Waals surface area contributed by atoms with E-state index in [-0.39, 0.29) is 11.8 Å². The van der Waals surface area contributed by atoms with Crippen molar-refractivity contribution in [2.75, 3.05) is 18.0 Å². The summed E-state index contributed by atoms with van der Waals surface area (Å²) in [5.74, 6) is 0.0697. The fraction of sp³-hybridized carbons (Fsp3) is 0.368. The van der Waals surface area contributed by atoms with Gasteiger partial charge in [-0.15, -0.1) is 23.1 Å². The third-order valence-corrected chi connectivity index (χ3v) is 6.25. The molecule has 1 atom stereocenters. The van der Waals surface area contributed by atoms with E-state index in [9.17, 15) is 9.59 Å². The predicted octanol–water partition coefficient (Wildman–Crippen LogP) is 4.18. The van der Waals surface area contributed by atoms with Crippen LogP contribution < -0.4 is 10.2 Å². The molecule has 0 saturated heterocycles. The van der Waals surface area contributed by atoms with Crippen LogP contribution in [0.2, 0.25) is 0 Å². The first-order chi connectivity index (χ1) is 12.1. The first-order valence-electron chi connectivity index (χ1n) is 8.53. The van der Waals surface area contributed by atoms with E-state index in [1.54, 1.807) is 6.07 Å². The Kier molecular flexibility index (Phi) is 6.15. The minimum absolute atomic E-state index is 0.0622. The molecule has 0 radical (unpaired) electrons. The lowest BCUT2D eigenvalue weighted by Crippen LogP contribution is -2.33. The van der Waals surface area contributed by atoms with Gasteiger partial charge in [-0.1, -0.05) is 25.1 Å². The fourth-order valence-electron chi connectivity index (χ4n) is 2.82. The molecule has 1 aromatic heterocycles. The van der Waals surface area contributed by atoms with Gasteiger partial charge in [0.1, 0.15) is 0 Å². The van der Waals surface area contributed by atoms with E-state index in [1.807, 2.05) is 46.3 Å². The molecule has 6 heteroatoms. The first kappa shape index (κ1) is 18.0. The molecule has 2 heterocycles. The van der Waals surface area contributed by atoms with E-state index in [2.05, 4.69) is 18.3 Å². The number of para-hydroxylation sites is 1. The molecule has 4 nitrogen and oxygen atoms in total. The Bertz CT molecular complexity index is 731. The SMILES string of the molecule is CC1CCN(C(=O)CCCNC(=O)c2cccs2)c2ccccc2S1. The van der Waals surface area contributed by atoms with Crippen LogP contribution in [0.1, 0.15) is 35.9 Å². The molecule has 132 valence electrons. The number of benzene rings is 1. The third kappa shape index (κ3) is 4.64. The summed E-state index contributed by atoms with van der Waals surface area (Å²) in [6.07, 6.45) is 2.08. The zero-order valence-corrected chi connectivity index (χ0v) is 15.9. The lowest BCUT2D eigenvalue weighted by molar-refractivity contribution is -0.118. The highest BCUT2D eigenvalue weighted by Crippen LogP contribution is 2.37. The van der Waals surface area contributed by atoms with Gasteiger partial charge in [0.2, 0.25) is 5.91 Å². The van der Waals surface area contributed by atoms with Crippen molar-refractivity contribution in [1.29, 1.82) is 0 Å². The van der Waals surface area contributed by atoms with Crippen molar-refractivity contribution in [2.45, 2.75) is 36.3 Å². The van der Waals surface area contributed by atoms with Crippen LogP contribution in [-0.4, -0.2) is 30.2 Å². The maximum absolute atomic E-state index is 12.7. The average Bonchev–Trinajstić information content (AvgIpc) is 3.09. The second-order valence-corrected chi connectivity index (χ2v) is 8.49. The van der Waals surface area contributed by atoms with Gasteiger partial charge in [0.15, 0.2) is 0 Å². The monoisotopic (exact) mass is 374 g/mol. The van der Waals surface area contributed by atoms with Crippen molar-refractivity contribution in [3.63, 3.8) is 0 Å². The van der Waals surface area contributed by atoms with Crippen molar-refractivity contribution in [1.82, 2.24) is 5.32 Å². The average molecular weight is 375 g/mol. The van der Waals surface area contributed by atoms with Crippen LogP contribution in [0.25, 0.3) is 0 Å². The summed E-state index contributed by atoms with van der Waals surface area (Å²) in [5, 5.41) is 5.27. The number of thioether (sulfide) groups is 1. The van der Waals surface area contributed by atoms with E-state index >= 15 is 0 Å². The second kappa shape index (κ2) is 8.54. The number of amides is 2. The van der Waals surface area contributed by atoms with E-state index in [0.717, 1.165) is 18.7 Å². The van der Waals surface area contributed by atoms with Crippen LogP contribution in [0.15, 0.2) is 46.7 Å². The summed E-state index contributed by atoms with van der Waals surface area (Å²) >= 11 is 3.26. The molecule has 0 bridgehead atoms. The van der Waals surface area contributed by atoms with Gasteiger partial charge in [-0.2, -0.15) is 0 Å². The Hall–Kier alpha value is -1.79. The maximum atomic E-state index is 12.7. The number of hydrogen-bond donors (Lipinski definition) is 1. The molecule has 0 fully saturated rings. The molecule has 1 aliphatic rings. The van der Waals surface area contributed by atoms with Crippen LogP contribution >= 0.6 is 23.1 Å². The highest BCUT2D eigenvalue weighted by atomic mass is 32.2. The number of hydrogen-bond acceptors (Lipinski definition) is 4. The molecule has 1 aromatic carbocycles. The van der Waals surface area contributed by atoms with Crippen molar-refractivity contribution >= 4 is 40.6 Å². The molecular weight excluding hydrogens is 352 g/mol. The molecule has 1 aliphatic heterocycles. The van der Waals surface area contributed by atoms with Gasteiger partial charge in [0.25, 0.3) is 5.91 Å². The van der Waals surface area contributed by atoms with E-state index in [0.29, 0.717) is 29.5 Å². The Balaban J connectivity index is 1.53. The summed E-state index contributed by atoms with van der Waals surface area (Å²) in [7, 11) is 0.